The molecule has 0 atom stereocenters. The van der Waals surface area contributed by atoms with Crippen molar-refractivity contribution < 1.29 is 13.5 Å². The summed E-state index contributed by atoms with van der Waals surface area (Å²) in [5, 5.41) is 0. The smallest absolute Gasteiger partial charge is 0.145 e. The molecule has 2 rings (SSSR count). The largest absolute Gasteiger partial charge is 0.487 e. The van der Waals surface area contributed by atoms with Crippen molar-refractivity contribution in [2.45, 2.75) is 13.5 Å². The SMILES string of the molecule is Cc1ccc(F)cc1COc1cc(F)ccc1N. The van der Waals surface area contributed by atoms with E-state index in [-0.39, 0.29) is 18.2 Å². The first-order valence-electron chi connectivity index (χ1n) is 5.49. The van der Waals surface area contributed by atoms with Crippen molar-refractivity contribution in [1.82, 2.24) is 0 Å². The number of rotatable bonds is 3. The van der Waals surface area contributed by atoms with Crippen molar-refractivity contribution in [3.05, 3.63) is 59.2 Å². The van der Waals surface area contributed by atoms with E-state index >= 15 is 0 Å². The van der Waals surface area contributed by atoms with Crippen LogP contribution in [-0.2, 0) is 6.61 Å². The van der Waals surface area contributed by atoms with E-state index in [4.69, 9.17) is 10.5 Å². The van der Waals surface area contributed by atoms with Crippen LogP contribution in [0.25, 0.3) is 0 Å². The summed E-state index contributed by atoms with van der Waals surface area (Å²) in [6.45, 7) is 2.00. The van der Waals surface area contributed by atoms with Crippen molar-refractivity contribution in [3.8, 4) is 5.75 Å². The van der Waals surface area contributed by atoms with E-state index in [0.717, 1.165) is 5.56 Å². The van der Waals surface area contributed by atoms with Crippen LogP contribution in [0.2, 0.25) is 0 Å². The fourth-order valence-electron chi connectivity index (χ4n) is 1.58. The maximum absolute atomic E-state index is 13.1. The van der Waals surface area contributed by atoms with Crippen LogP contribution < -0.4 is 10.5 Å². The van der Waals surface area contributed by atoms with E-state index in [9.17, 15) is 8.78 Å². The molecule has 2 nitrogen and oxygen atoms in total. The summed E-state index contributed by atoms with van der Waals surface area (Å²) in [6.07, 6.45) is 0. The van der Waals surface area contributed by atoms with E-state index in [1.165, 1.54) is 30.3 Å². The Labute approximate surface area is 104 Å². The maximum Gasteiger partial charge on any atom is 0.145 e. The highest BCUT2D eigenvalue weighted by atomic mass is 19.1. The summed E-state index contributed by atoms with van der Waals surface area (Å²) < 4.78 is 31.5. The Hall–Kier alpha value is -2.10. The zero-order valence-electron chi connectivity index (χ0n) is 9.91. The number of hydrogen-bond acceptors (Lipinski definition) is 2. The molecule has 0 saturated heterocycles. The number of anilines is 1. The third-order valence-electron chi connectivity index (χ3n) is 2.67. The molecule has 0 radical (unpaired) electrons. The number of benzene rings is 2. The molecule has 2 N–H and O–H groups in total. The molecule has 0 saturated carbocycles. The first-order chi connectivity index (χ1) is 8.56. The van der Waals surface area contributed by atoms with E-state index in [1.807, 2.05) is 6.92 Å². The van der Waals surface area contributed by atoms with Crippen LogP contribution in [0.5, 0.6) is 5.75 Å². The Morgan fingerprint density at radius 1 is 1.06 bits per heavy atom. The first-order valence-corrected chi connectivity index (χ1v) is 5.49. The second-order valence-electron chi connectivity index (χ2n) is 4.04. The van der Waals surface area contributed by atoms with Gasteiger partial charge in [-0.25, -0.2) is 8.78 Å². The normalized spacial score (nSPS) is 10.4. The summed E-state index contributed by atoms with van der Waals surface area (Å²) in [7, 11) is 0. The molecule has 0 spiro atoms. The Morgan fingerprint density at radius 2 is 1.72 bits per heavy atom. The third kappa shape index (κ3) is 2.77. The molecule has 0 aliphatic carbocycles. The van der Waals surface area contributed by atoms with Gasteiger partial charge in [0.1, 0.15) is 24.0 Å². The van der Waals surface area contributed by atoms with Crippen LogP contribution in [-0.4, -0.2) is 0 Å². The fourth-order valence-corrected chi connectivity index (χ4v) is 1.58. The van der Waals surface area contributed by atoms with Gasteiger partial charge in [-0.05, 0) is 42.3 Å². The molecule has 0 bridgehead atoms. The van der Waals surface area contributed by atoms with Crippen LogP contribution in [0.15, 0.2) is 36.4 Å². The van der Waals surface area contributed by atoms with Crippen LogP contribution in [0.3, 0.4) is 0 Å². The van der Waals surface area contributed by atoms with Gasteiger partial charge in [-0.3, -0.25) is 0 Å². The maximum atomic E-state index is 13.1. The van der Waals surface area contributed by atoms with Gasteiger partial charge < -0.3 is 10.5 Å². The minimum atomic E-state index is -0.421. The minimum Gasteiger partial charge on any atom is -0.487 e. The van der Waals surface area contributed by atoms with Crippen molar-refractivity contribution in [2.75, 3.05) is 5.73 Å². The quantitative estimate of drug-likeness (QED) is 0.846. The van der Waals surface area contributed by atoms with E-state index in [1.54, 1.807) is 6.07 Å². The van der Waals surface area contributed by atoms with Crippen molar-refractivity contribution in [1.29, 1.82) is 0 Å². The van der Waals surface area contributed by atoms with Crippen molar-refractivity contribution in [2.24, 2.45) is 0 Å². The molecule has 2 aromatic rings. The molecule has 0 amide bonds. The molecule has 0 aliphatic heterocycles. The number of hydrogen-bond donors (Lipinski definition) is 1. The lowest BCUT2D eigenvalue weighted by Gasteiger charge is -2.10. The lowest BCUT2D eigenvalue weighted by Crippen LogP contribution is -2.01. The summed E-state index contributed by atoms with van der Waals surface area (Å²) in [5.74, 6) is -0.486. The molecule has 0 unspecified atom stereocenters. The Bertz CT molecular complexity index is 518. The number of nitrogen functional groups attached to an aromatic ring is 1. The minimum absolute atomic E-state index is 0.150. The summed E-state index contributed by atoms with van der Waals surface area (Å²) in [4.78, 5) is 0. The molecule has 94 valence electrons. The summed E-state index contributed by atoms with van der Waals surface area (Å²) in [5.41, 5.74) is 7.62. The predicted molar refractivity (Wildman–Crippen MR) is 66.3 cm³/mol. The average molecular weight is 249 g/mol. The Morgan fingerprint density at radius 3 is 2.50 bits per heavy atom. The Kier molecular flexibility index (Phi) is 3.46. The van der Waals surface area contributed by atoms with Crippen LogP contribution in [0, 0.1) is 18.6 Å². The van der Waals surface area contributed by atoms with Crippen LogP contribution >= 0.6 is 0 Å². The van der Waals surface area contributed by atoms with Gasteiger partial charge in [0.05, 0.1) is 5.69 Å². The molecular formula is C14H13F2NO. The van der Waals surface area contributed by atoms with E-state index in [2.05, 4.69) is 0 Å². The predicted octanol–water partition coefficient (Wildman–Crippen LogP) is 3.43. The van der Waals surface area contributed by atoms with Gasteiger partial charge in [-0.1, -0.05) is 6.07 Å². The zero-order chi connectivity index (χ0) is 13.1. The molecule has 2 aromatic carbocycles. The molecule has 18 heavy (non-hydrogen) atoms. The zero-order valence-corrected chi connectivity index (χ0v) is 9.91. The fraction of sp³-hybridized carbons (Fsp3) is 0.143. The standard InChI is InChI=1S/C14H13F2NO/c1-9-2-3-11(15)6-10(9)8-18-14-7-12(16)4-5-13(14)17/h2-7H,8,17H2,1H3. The van der Waals surface area contributed by atoms with Gasteiger partial charge in [0.15, 0.2) is 0 Å². The van der Waals surface area contributed by atoms with Gasteiger partial charge in [-0.15, -0.1) is 0 Å². The monoisotopic (exact) mass is 249 g/mol. The van der Waals surface area contributed by atoms with Gasteiger partial charge in [0.2, 0.25) is 0 Å². The lowest BCUT2D eigenvalue weighted by molar-refractivity contribution is 0.305. The van der Waals surface area contributed by atoms with Crippen molar-refractivity contribution in [3.63, 3.8) is 0 Å². The van der Waals surface area contributed by atoms with Crippen molar-refractivity contribution >= 4 is 5.69 Å². The van der Waals surface area contributed by atoms with E-state index < -0.39 is 5.82 Å². The lowest BCUT2D eigenvalue weighted by atomic mass is 10.1. The van der Waals surface area contributed by atoms with Crippen LogP contribution in [0.1, 0.15) is 11.1 Å². The second kappa shape index (κ2) is 5.04. The summed E-state index contributed by atoms with van der Waals surface area (Å²) >= 11 is 0. The Balaban J connectivity index is 2.16. The molecule has 0 fully saturated rings. The first kappa shape index (κ1) is 12.4. The van der Waals surface area contributed by atoms with Gasteiger partial charge in [-0.2, -0.15) is 0 Å². The molecule has 0 heterocycles. The van der Waals surface area contributed by atoms with E-state index in [0.29, 0.717) is 11.3 Å². The number of halogens is 2. The number of aryl methyl sites for hydroxylation is 1. The highest BCUT2D eigenvalue weighted by Crippen LogP contribution is 2.23. The van der Waals surface area contributed by atoms with Gasteiger partial charge in [0, 0.05) is 6.07 Å². The highest BCUT2D eigenvalue weighted by molar-refractivity contribution is 5.52. The van der Waals surface area contributed by atoms with Crippen LogP contribution in [0.4, 0.5) is 14.5 Å². The average Bonchev–Trinajstić information content (AvgIpc) is 2.34. The number of ether oxygens (including phenoxy) is 1. The van der Waals surface area contributed by atoms with Gasteiger partial charge >= 0.3 is 0 Å². The molecule has 0 aromatic heterocycles. The topological polar surface area (TPSA) is 35.2 Å². The molecule has 4 heteroatoms. The highest BCUT2D eigenvalue weighted by Gasteiger charge is 2.05. The molecule has 0 aliphatic rings. The number of nitrogens with two attached hydrogens (primary N) is 1. The summed E-state index contributed by atoms with van der Waals surface area (Å²) in [6, 6.07) is 8.35. The third-order valence-corrected chi connectivity index (χ3v) is 2.67. The second-order valence-corrected chi connectivity index (χ2v) is 4.04. The van der Waals surface area contributed by atoms with Gasteiger partial charge in [0.25, 0.3) is 0 Å². The molecular weight excluding hydrogens is 236 g/mol.